The molecule has 10 N–H and O–H groups in total. The minimum atomic E-state index is -1.40. The molecule has 0 saturated heterocycles. The first kappa shape index (κ1) is 31.2. The second-order valence-corrected chi connectivity index (χ2v) is 10.4. The van der Waals surface area contributed by atoms with E-state index in [9.17, 15) is 29.1 Å². The quantitative estimate of drug-likeness (QED) is 0.104. The summed E-state index contributed by atoms with van der Waals surface area (Å²) in [5, 5.41) is 18.1. The van der Waals surface area contributed by atoms with E-state index < -0.39 is 60.2 Å². The van der Waals surface area contributed by atoms with E-state index in [-0.39, 0.29) is 19.3 Å². The number of aromatic amines is 2. The first-order chi connectivity index (χ1) is 19.6. The number of rotatable bonds is 16. The Bertz CT molecular complexity index is 1360. The molecular weight excluding hydrogens is 552 g/mol. The Balaban J connectivity index is 1.70. The molecule has 0 radical (unpaired) electrons. The number of amides is 4. The molecule has 1 aromatic carbocycles. The zero-order chi connectivity index (χ0) is 29.9. The van der Waals surface area contributed by atoms with Gasteiger partial charge in [0, 0.05) is 41.8 Å². The van der Waals surface area contributed by atoms with Crippen molar-refractivity contribution in [3.63, 3.8) is 0 Å². The molecule has 0 spiro atoms. The van der Waals surface area contributed by atoms with Crippen molar-refractivity contribution in [3.8, 4) is 0 Å². The molecular formula is C26H34N8O6S. The number of imidazole rings is 1. The number of aliphatic carboxylic acids is 1. The van der Waals surface area contributed by atoms with E-state index >= 15 is 0 Å². The first-order valence-corrected chi connectivity index (χ1v) is 14.2. The third-order valence-corrected chi connectivity index (χ3v) is 6.97. The zero-order valence-electron chi connectivity index (χ0n) is 22.4. The van der Waals surface area contributed by atoms with Gasteiger partial charge in [-0.25, -0.2) is 9.78 Å². The van der Waals surface area contributed by atoms with Crippen LogP contribution in [0.1, 0.15) is 24.1 Å². The molecule has 4 atom stereocenters. The minimum Gasteiger partial charge on any atom is -0.480 e. The van der Waals surface area contributed by atoms with Crippen LogP contribution in [0.2, 0.25) is 0 Å². The van der Waals surface area contributed by atoms with E-state index in [0.29, 0.717) is 17.0 Å². The van der Waals surface area contributed by atoms with Gasteiger partial charge in [0.1, 0.15) is 18.1 Å². The van der Waals surface area contributed by atoms with E-state index in [2.05, 4.69) is 30.9 Å². The number of nitrogens with one attached hydrogen (secondary N) is 5. The molecule has 220 valence electrons. The number of para-hydroxylation sites is 1. The van der Waals surface area contributed by atoms with Gasteiger partial charge in [-0.05, 0) is 30.1 Å². The highest BCUT2D eigenvalue weighted by Crippen LogP contribution is 2.19. The highest BCUT2D eigenvalue weighted by atomic mass is 32.2. The summed E-state index contributed by atoms with van der Waals surface area (Å²) in [6.07, 6.45) is 6.15. The van der Waals surface area contributed by atoms with Crippen molar-refractivity contribution < 1.29 is 29.1 Å². The molecule has 4 unspecified atom stereocenters. The first-order valence-electron chi connectivity index (χ1n) is 12.8. The molecule has 14 nitrogen and oxygen atoms in total. The van der Waals surface area contributed by atoms with Crippen LogP contribution in [-0.4, -0.2) is 85.8 Å². The number of aromatic nitrogens is 3. The highest BCUT2D eigenvalue weighted by molar-refractivity contribution is 7.98. The molecule has 0 saturated carbocycles. The molecule has 41 heavy (non-hydrogen) atoms. The lowest BCUT2D eigenvalue weighted by Gasteiger charge is -2.24. The fraction of sp³-hybridized carbons (Fsp3) is 0.385. The Morgan fingerprint density at radius 2 is 1.66 bits per heavy atom. The number of nitrogens with two attached hydrogens (primary N) is 2. The maximum atomic E-state index is 13.2. The van der Waals surface area contributed by atoms with Gasteiger partial charge in [-0.3, -0.25) is 19.2 Å². The van der Waals surface area contributed by atoms with Gasteiger partial charge in [-0.1, -0.05) is 18.2 Å². The minimum absolute atomic E-state index is 0.00284. The van der Waals surface area contributed by atoms with Crippen molar-refractivity contribution in [1.82, 2.24) is 30.9 Å². The van der Waals surface area contributed by atoms with Crippen molar-refractivity contribution in [3.05, 3.63) is 54.2 Å². The lowest BCUT2D eigenvalue weighted by atomic mass is 10.0. The molecule has 0 aliphatic rings. The smallest absolute Gasteiger partial charge is 0.326 e. The van der Waals surface area contributed by atoms with Crippen LogP contribution in [0.4, 0.5) is 0 Å². The number of hydrogen-bond acceptors (Lipinski definition) is 8. The number of carboxylic acids is 1. The van der Waals surface area contributed by atoms with Crippen molar-refractivity contribution in [2.75, 3.05) is 12.0 Å². The van der Waals surface area contributed by atoms with Gasteiger partial charge in [0.2, 0.25) is 23.6 Å². The number of H-pyrrole nitrogens is 2. The Morgan fingerprint density at radius 1 is 0.976 bits per heavy atom. The summed E-state index contributed by atoms with van der Waals surface area (Å²) in [7, 11) is 0. The van der Waals surface area contributed by atoms with Crippen LogP contribution in [0.5, 0.6) is 0 Å². The lowest BCUT2D eigenvalue weighted by Crippen LogP contribution is -2.58. The molecule has 0 aliphatic carbocycles. The Labute approximate surface area is 239 Å². The molecule has 2 aromatic heterocycles. The number of nitrogens with zero attached hydrogens (tertiary/aromatic N) is 1. The zero-order valence-corrected chi connectivity index (χ0v) is 23.2. The monoisotopic (exact) mass is 586 g/mol. The molecule has 4 amide bonds. The van der Waals surface area contributed by atoms with Crippen LogP contribution in [0.25, 0.3) is 10.9 Å². The number of fused-ring (bicyclic) bond motifs is 1. The van der Waals surface area contributed by atoms with E-state index in [0.717, 1.165) is 10.9 Å². The lowest BCUT2D eigenvalue weighted by molar-refractivity contribution is -0.142. The average molecular weight is 587 g/mol. The Hall–Kier alpha value is -4.37. The molecule has 0 bridgehead atoms. The standard InChI is InChI=1S/C26H34N8O6S/c1-41-7-6-19(24(37)34-21(26(39)40)8-14-11-30-18-5-3-2-4-16(14)18)32-25(38)20(10-22(28)35)33-23(36)17(27)9-15-12-29-13-31-15/h2-5,11-13,17,19-21,30H,6-10,27H2,1H3,(H2,28,35)(H,29,31)(H,32,38)(H,33,36)(H,34,37)(H,39,40). The summed E-state index contributed by atoms with van der Waals surface area (Å²) < 4.78 is 0. The number of primary amides is 1. The second-order valence-electron chi connectivity index (χ2n) is 9.42. The molecule has 3 aromatic rings. The summed E-state index contributed by atoms with van der Waals surface area (Å²) in [4.78, 5) is 72.5. The van der Waals surface area contributed by atoms with Gasteiger partial charge >= 0.3 is 5.97 Å². The SMILES string of the molecule is CSCCC(NC(=O)C(CC(N)=O)NC(=O)C(N)Cc1cnc[nH]1)C(=O)NC(Cc1c[nH]c2ccccc12)C(=O)O. The van der Waals surface area contributed by atoms with Crippen LogP contribution in [0, 0.1) is 0 Å². The molecule has 0 aliphatic heterocycles. The van der Waals surface area contributed by atoms with E-state index in [1.54, 1.807) is 6.20 Å². The largest absolute Gasteiger partial charge is 0.480 e. The summed E-state index contributed by atoms with van der Waals surface area (Å²) >= 11 is 1.42. The van der Waals surface area contributed by atoms with Crippen molar-refractivity contribution in [1.29, 1.82) is 0 Å². The average Bonchev–Trinajstić information content (AvgIpc) is 3.59. The van der Waals surface area contributed by atoms with Gasteiger partial charge in [-0.15, -0.1) is 0 Å². The van der Waals surface area contributed by atoms with Crippen molar-refractivity contribution in [2.45, 2.75) is 49.9 Å². The number of benzene rings is 1. The van der Waals surface area contributed by atoms with Crippen LogP contribution >= 0.6 is 11.8 Å². The molecule has 2 heterocycles. The summed E-state index contributed by atoms with van der Waals surface area (Å²) in [6.45, 7) is 0. The molecule has 0 fully saturated rings. The highest BCUT2D eigenvalue weighted by Gasteiger charge is 2.31. The van der Waals surface area contributed by atoms with Gasteiger partial charge in [-0.2, -0.15) is 11.8 Å². The second kappa shape index (κ2) is 14.9. The third kappa shape index (κ3) is 9.08. The van der Waals surface area contributed by atoms with Gasteiger partial charge in [0.25, 0.3) is 0 Å². The van der Waals surface area contributed by atoms with Gasteiger partial charge < -0.3 is 42.5 Å². The number of hydrogen-bond donors (Lipinski definition) is 8. The molecule has 3 rings (SSSR count). The third-order valence-electron chi connectivity index (χ3n) is 6.33. The van der Waals surface area contributed by atoms with Gasteiger partial charge in [0.05, 0.1) is 18.8 Å². The topological polar surface area (TPSA) is 238 Å². The summed E-state index contributed by atoms with van der Waals surface area (Å²) in [6, 6.07) is 2.48. The van der Waals surface area contributed by atoms with E-state index in [1.165, 1.54) is 24.3 Å². The number of carbonyl (C=O) groups excluding carboxylic acids is 4. The van der Waals surface area contributed by atoms with E-state index in [4.69, 9.17) is 11.5 Å². The Kier molecular flexibility index (Phi) is 11.3. The number of carboxylic acid groups (broad SMARTS) is 1. The maximum Gasteiger partial charge on any atom is 0.326 e. The fourth-order valence-electron chi connectivity index (χ4n) is 4.18. The summed E-state index contributed by atoms with van der Waals surface area (Å²) in [5.74, 6) is -3.92. The normalized spacial score (nSPS) is 14.0. The fourth-order valence-corrected chi connectivity index (χ4v) is 4.66. The number of carbonyl (C=O) groups is 5. The van der Waals surface area contributed by atoms with Crippen molar-refractivity contribution >= 4 is 52.3 Å². The predicted octanol–water partition coefficient (Wildman–Crippen LogP) is -0.829. The molecule has 15 heteroatoms. The maximum absolute atomic E-state index is 13.2. The van der Waals surface area contributed by atoms with Gasteiger partial charge in [0.15, 0.2) is 0 Å². The number of thioether (sulfide) groups is 1. The van der Waals surface area contributed by atoms with Crippen LogP contribution in [-0.2, 0) is 36.8 Å². The van der Waals surface area contributed by atoms with Crippen LogP contribution in [0.3, 0.4) is 0 Å². The van der Waals surface area contributed by atoms with Crippen molar-refractivity contribution in [2.24, 2.45) is 11.5 Å². The van der Waals surface area contributed by atoms with Crippen LogP contribution in [0.15, 0.2) is 43.0 Å². The van der Waals surface area contributed by atoms with E-state index in [1.807, 2.05) is 30.5 Å². The van der Waals surface area contributed by atoms with Crippen LogP contribution < -0.4 is 27.4 Å². The predicted molar refractivity (Wildman–Crippen MR) is 153 cm³/mol. The Morgan fingerprint density at radius 3 is 2.32 bits per heavy atom. The summed E-state index contributed by atoms with van der Waals surface area (Å²) in [5.41, 5.74) is 13.4.